The summed E-state index contributed by atoms with van der Waals surface area (Å²) in [6, 6.07) is 19.8. The maximum Gasteiger partial charge on any atom is 0.226 e. The van der Waals surface area contributed by atoms with Gasteiger partial charge < -0.3 is 18.6 Å². The highest BCUT2D eigenvalue weighted by atomic mass is 16.5. The van der Waals surface area contributed by atoms with Gasteiger partial charge in [0.1, 0.15) is 23.5 Å². The Labute approximate surface area is 176 Å². The lowest BCUT2D eigenvalue weighted by Crippen LogP contribution is -2.19. The number of nitrogens with zero attached hydrogens (tertiary/aromatic N) is 3. The van der Waals surface area contributed by atoms with Gasteiger partial charge in [0.15, 0.2) is 0 Å². The molecular formula is C24H25N3O3. The van der Waals surface area contributed by atoms with Gasteiger partial charge in [0, 0.05) is 30.2 Å². The number of benzene rings is 2. The molecule has 0 aliphatic rings. The molecule has 0 aliphatic heterocycles. The fraction of sp³-hybridized carbons (Fsp3) is 0.250. The number of oxazole rings is 1. The number of aromatic nitrogens is 2. The maximum absolute atomic E-state index is 5.64. The second-order valence-electron chi connectivity index (χ2n) is 7.26. The molecule has 0 N–H and O–H groups in total. The fourth-order valence-corrected chi connectivity index (χ4v) is 3.30. The normalized spacial score (nSPS) is 11.2. The molecule has 0 atom stereocenters. The van der Waals surface area contributed by atoms with Gasteiger partial charge >= 0.3 is 0 Å². The zero-order valence-electron chi connectivity index (χ0n) is 17.2. The van der Waals surface area contributed by atoms with Gasteiger partial charge in [-0.3, -0.25) is 0 Å². The number of aryl methyl sites for hydroxylation is 1. The summed E-state index contributed by atoms with van der Waals surface area (Å²) < 4.78 is 16.3. The Morgan fingerprint density at radius 3 is 2.57 bits per heavy atom. The molecule has 0 saturated carbocycles. The zero-order chi connectivity index (χ0) is 20.8. The molecule has 0 unspecified atom stereocenters. The SMILES string of the molecule is COc1ccc(-c2nc(CN(C)CCCc3cc(-c4ccccc4)no3)co2)cc1. The lowest BCUT2D eigenvalue weighted by atomic mass is 10.1. The van der Waals surface area contributed by atoms with Crippen LogP contribution in [0.5, 0.6) is 5.75 Å². The molecule has 4 rings (SSSR count). The Balaban J connectivity index is 1.26. The number of rotatable bonds is 9. The quantitative estimate of drug-likeness (QED) is 0.389. The predicted molar refractivity (Wildman–Crippen MR) is 115 cm³/mol. The molecule has 0 aliphatic carbocycles. The smallest absolute Gasteiger partial charge is 0.226 e. The number of methoxy groups -OCH3 is 1. The van der Waals surface area contributed by atoms with E-state index in [1.165, 1.54) is 0 Å². The van der Waals surface area contributed by atoms with E-state index >= 15 is 0 Å². The van der Waals surface area contributed by atoms with E-state index in [0.29, 0.717) is 5.89 Å². The lowest BCUT2D eigenvalue weighted by Gasteiger charge is -2.13. The minimum Gasteiger partial charge on any atom is -0.497 e. The van der Waals surface area contributed by atoms with Gasteiger partial charge in [0.25, 0.3) is 0 Å². The highest BCUT2D eigenvalue weighted by Gasteiger charge is 2.10. The van der Waals surface area contributed by atoms with Gasteiger partial charge in [-0.1, -0.05) is 35.5 Å². The van der Waals surface area contributed by atoms with Crippen molar-refractivity contribution in [1.29, 1.82) is 0 Å². The van der Waals surface area contributed by atoms with Crippen LogP contribution in [-0.2, 0) is 13.0 Å². The van der Waals surface area contributed by atoms with E-state index in [9.17, 15) is 0 Å². The molecule has 2 aromatic heterocycles. The average Bonchev–Trinajstić information content (AvgIpc) is 3.44. The second-order valence-corrected chi connectivity index (χ2v) is 7.26. The molecule has 6 nitrogen and oxygen atoms in total. The third kappa shape index (κ3) is 4.96. The summed E-state index contributed by atoms with van der Waals surface area (Å²) in [7, 11) is 3.73. The summed E-state index contributed by atoms with van der Waals surface area (Å²) >= 11 is 0. The molecule has 0 radical (unpaired) electrons. The van der Waals surface area contributed by atoms with E-state index in [4.69, 9.17) is 13.7 Å². The van der Waals surface area contributed by atoms with Crippen LogP contribution >= 0.6 is 0 Å². The standard InChI is InChI=1S/C24H25N3O3/c1-27(14-6-9-22-15-23(26-30-22)18-7-4-3-5-8-18)16-20-17-29-24(25-20)19-10-12-21(28-2)13-11-19/h3-5,7-8,10-13,15,17H,6,9,14,16H2,1-2H3. The third-order valence-electron chi connectivity index (χ3n) is 4.91. The van der Waals surface area contributed by atoms with Gasteiger partial charge in [0.05, 0.1) is 12.8 Å². The first-order valence-corrected chi connectivity index (χ1v) is 9.99. The van der Waals surface area contributed by atoms with Gasteiger partial charge in [0.2, 0.25) is 5.89 Å². The van der Waals surface area contributed by atoms with Crippen LogP contribution in [0, 0.1) is 0 Å². The second kappa shape index (κ2) is 9.41. The van der Waals surface area contributed by atoms with Crippen molar-refractivity contribution in [2.24, 2.45) is 0 Å². The summed E-state index contributed by atoms with van der Waals surface area (Å²) in [4.78, 5) is 6.83. The van der Waals surface area contributed by atoms with Crippen molar-refractivity contribution < 1.29 is 13.7 Å². The summed E-state index contributed by atoms with van der Waals surface area (Å²) in [5, 5.41) is 4.18. The fourth-order valence-electron chi connectivity index (χ4n) is 3.30. The van der Waals surface area contributed by atoms with Crippen LogP contribution < -0.4 is 4.74 Å². The first kappa shape index (κ1) is 19.9. The molecular weight excluding hydrogens is 378 g/mol. The highest BCUT2D eigenvalue weighted by Crippen LogP contribution is 2.22. The molecule has 0 fully saturated rings. The van der Waals surface area contributed by atoms with Crippen LogP contribution in [0.3, 0.4) is 0 Å². The highest BCUT2D eigenvalue weighted by molar-refractivity contribution is 5.58. The van der Waals surface area contributed by atoms with Crippen LogP contribution in [0.1, 0.15) is 17.9 Å². The molecule has 4 aromatic rings. The summed E-state index contributed by atoms with van der Waals surface area (Å²) in [5.41, 5.74) is 3.80. The molecule has 0 amide bonds. The van der Waals surface area contributed by atoms with Crippen molar-refractivity contribution in [2.75, 3.05) is 20.7 Å². The monoisotopic (exact) mass is 403 g/mol. The average molecular weight is 403 g/mol. The molecule has 6 heteroatoms. The minimum absolute atomic E-state index is 0.621. The number of hydrogen-bond acceptors (Lipinski definition) is 6. The molecule has 0 saturated heterocycles. The molecule has 30 heavy (non-hydrogen) atoms. The summed E-state index contributed by atoms with van der Waals surface area (Å²) in [5.74, 6) is 2.34. The Bertz CT molecular complexity index is 1050. The van der Waals surface area contributed by atoms with Crippen molar-refractivity contribution in [2.45, 2.75) is 19.4 Å². The Morgan fingerprint density at radius 2 is 1.80 bits per heavy atom. The van der Waals surface area contributed by atoms with Gasteiger partial charge in [-0.15, -0.1) is 0 Å². The lowest BCUT2D eigenvalue weighted by molar-refractivity contribution is 0.308. The van der Waals surface area contributed by atoms with Crippen LogP contribution in [0.4, 0.5) is 0 Å². The summed E-state index contributed by atoms with van der Waals surface area (Å²) in [6.07, 6.45) is 3.54. The van der Waals surface area contributed by atoms with E-state index in [2.05, 4.69) is 22.1 Å². The topological polar surface area (TPSA) is 64.5 Å². The van der Waals surface area contributed by atoms with Crippen molar-refractivity contribution in [3.63, 3.8) is 0 Å². The molecule has 154 valence electrons. The van der Waals surface area contributed by atoms with E-state index in [1.54, 1.807) is 13.4 Å². The summed E-state index contributed by atoms with van der Waals surface area (Å²) in [6.45, 7) is 1.65. The first-order chi connectivity index (χ1) is 14.7. The Kier molecular flexibility index (Phi) is 6.25. The molecule has 0 spiro atoms. The van der Waals surface area contributed by atoms with Crippen LogP contribution in [0.25, 0.3) is 22.7 Å². The van der Waals surface area contributed by atoms with Crippen molar-refractivity contribution in [1.82, 2.24) is 15.0 Å². The third-order valence-corrected chi connectivity index (χ3v) is 4.91. The van der Waals surface area contributed by atoms with Gasteiger partial charge in [-0.25, -0.2) is 4.98 Å². The molecule has 2 aromatic carbocycles. The van der Waals surface area contributed by atoms with E-state index in [0.717, 1.165) is 60.0 Å². The molecule has 2 heterocycles. The van der Waals surface area contributed by atoms with Crippen LogP contribution in [0.2, 0.25) is 0 Å². The van der Waals surface area contributed by atoms with Crippen molar-refractivity contribution >= 4 is 0 Å². The molecule has 0 bridgehead atoms. The van der Waals surface area contributed by atoms with E-state index in [-0.39, 0.29) is 0 Å². The van der Waals surface area contributed by atoms with Crippen molar-refractivity contribution in [3.05, 3.63) is 78.4 Å². The maximum atomic E-state index is 5.64. The van der Waals surface area contributed by atoms with Crippen LogP contribution in [-0.4, -0.2) is 35.7 Å². The zero-order valence-corrected chi connectivity index (χ0v) is 17.2. The first-order valence-electron chi connectivity index (χ1n) is 9.99. The van der Waals surface area contributed by atoms with Gasteiger partial charge in [-0.2, -0.15) is 0 Å². The number of ether oxygens (including phenoxy) is 1. The van der Waals surface area contributed by atoms with Gasteiger partial charge in [-0.05, 0) is 44.3 Å². The Morgan fingerprint density at radius 1 is 1.00 bits per heavy atom. The minimum atomic E-state index is 0.621. The largest absolute Gasteiger partial charge is 0.497 e. The van der Waals surface area contributed by atoms with E-state index < -0.39 is 0 Å². The number of hydrogen-bond donors (Lipinski definition) is 0. The van der Waals surface area contributed by atoms with Crippen molar-refractivity contribution in [3.8, 4) is 28.5 Å². The predicted octanol–water partition coefficient (Wildman–Crippen LogP) is 5.07. The van der Waals surface area contributed by atoms with E-state index in [1.807, 2.05) is 60.7 Å². The van der Waals surface area contributed by atoms with Crippen LogP contribution in [0.15, 0.2) is 75.9 Å². The Hall–Kier alpha value is -3.38.